The minimum Gasteiger partial charge on any atom is -0.465 e. The fraction of sp³-hybridized carbons (Fsp3) is 0.118. The molecule has 1 fully saturated rings. The van der Waals surface area contributed by atoms with Gasteiger partial charge in [0.25, 0.3) is 11.1 Å². The maximum Gasteiger partial charge on any atom is 0.337 e. The number of halogens is 1. The molecule has 6 nitrogen and oxygen atoms in total. The van der Waals surface area contributed by atoms with Crippen molar-refractivity contribution in [2.24, 2.45) is 0 Å². The lowest BCUT2D eigenvalue weighted by Crippen LogP contribution is -2.34. The van der Waals surface area contributed by atoms with Crippen LogP contribution in [0.1, 0.15) is 10.4 Å². The molecular weight excluding hydrogens is 347 g/mol. The first-order valence-corrected chi connectivity index (χ1v) is 8.12. The summed E-state index contributed by atoms with van der Waals surface area (Å²) in [6, 6.07) is 11.5. The van der Waals surface area contributed by atoms with Crippen LogP contribution in [-0.2, 0) is 9.53 Å². The lowest BCUT2D eigenvalue weighted by molar-refractivity contribution is -0.116. The molecule has 1 saturated heterocycles. The van der Waals surface area contributed by atoms with Crippen LogP contribution in [0.2, 0.25) is 0 Å². The molecule has 1 aliphatic heterocycles. The summed E-state index contributed by atoms with van der Waals surface area (Å²) >= 11 is 0.832. The van der Waals surface area contributed by atoms with Crippen LogP contribution < -0.4 is 10.2 Å². The number of carbonyl (C=O) groups excluding carboxylic acids is 3. The number of esters is 1. The number of nitrogens with one attached hydrogen (secondary N) is 1. The first kappa shape index (κ1) is 17.0. The highest BCUT2D eigenvalue weighted by Crippen LogP contribution is 2.32. The van der Waals surface area contributed by atoms with Gasteiger partial charge in [-0.3, -0.25) is 9.59 Å². The predicted octanol–water partition coefficient (Wildman–Crippen LogP) is 3.25. The highest BCUT2D eigenvalue weighted by atomic mass is 32.2. The number of carbonyl (C=O) groups is 3. The van der Waals surface area contributed by atoms with E-state index in [0.29, 0.717) is 16.9 Å². The monoisotopic (exact) mass is 360 g/mol. The molecule has 0 aromatic heterocycles. The standard InChI is InChI=1S/C17H13FN2O4S/c1-24-16(22)10-2-6-12(7-3-10)19-14-15(21)20(17(23)25-14)13-8-4-11(18)5-9-13/h2-9,14,19H,1H3/t14-/m1/s1. The molecule has 0 unspecified atom stereocenters. The number of methoxy groups -OCH3 is 1. The van der Waals surface area contributed by atoms with Gasteiger partial charge in [-0.15, -0.1) is 0 Å². The van der Waals surface area contributed by atoms with Crippen LogP contribution in [0.5, 0.6) is 0 Å². The van der Waals surface area contributed by atoms with Crippen LogP contribution >= 0.6 is 11.8 Å². The van der Waals surface area contributed by atoms with Crippen LogP contribution in [0, 0.1) is 5.82 Å². The van der Waals surface area contributed by atoms with Gasteiger partial charge in [-0.05, 0) is 60.3 Å². The fourth-order valence-corrected chi connectivity index (χ4v) is 3.20. The number of anilines is 2. The number of nitrogens with zero attached hydrogens (tertiary/aromatic N) is 1. The molecule has 2 aromatic carbocycles. The Labute approximate surface area is 147 Å². The molecule has 1 atom stereocenters. The first-order chi connectivity index (χ1) is 12.0. The summed E-state index contributed by atoms with van der Waals surface area (Å²) in [5.41, 5.74) is 1.27. The number of imide groups is 1. The molecule has 0 bridgehead atoms. The summed E-state index contributed by atoms with van der Waals surface area (Å²) in [5, 5.41) is 1.69. The third-order valence-electron chi connectivity index (χ3n) is 3.53. The van der Waals surface area contributed by atoms with Gasteiger partial charge in [0.05, 0.1) is 18.4 Å². The average Bonchev–Trinajstić information content (AvgIpc) is 2.89. The summed E-state index contributed by atoms with van der Waals surface area (Å²) < 4.78 is 17.6. The minimum atomic E-state index is -0.804. The molecule has 1 N–H and O–H groups in total. The molecular formula is C17H13FN2O4S. The summed E-state index contributed by atoms with van der Waals surface area (Å²) in [6.45, 7) is 0. The van der Waals surface area contributed by atoms with Crippen LogP contribution in [-0.4, -0.2) is 29.6 Å². The lowest BCUT2D eigenvalue weighted by Gasteiger charge is -2.15. The predicted molar refractivity (Wildman–Crippen MR) is 92.1 cm³/mol. The van der Waals surface area contributed by atoms with Crippen LogP contribution in [0.15, 0.2) is 48.5 Å². The zero-order valence-electron chi connectivity index (χ0n) is 13.1. The second kappa shape index (κ2) is 6.94. The molecule has 1 aliphatic rings. The van der Waals surface area contributed by atoms with E-state index in [1.165, 1.54) is 31.4 Å². The Morgan fingerprint density at radius 2 is 1.76 bits per heavy atom. The molecule has 8 heteroatoms. The van der Waals surface area contributed by atoms with Crippen LogP contribution in [0.4, 0.5) is 20.6 Å². The smallest absolute Gasteiger partial charge is 0.337 e. The number of hydrogen-bond donors (Lipinski definition) is 1. The van der Waals surface area contributed by atoms with Gasteiger partial charge < -0.3 is 10.1 Å². The van der Waals surface area contributed by atoms with E-state index < -0.39 is 28.3 Å². The number of thioether (sulfide) groups is 1. The average molecular weight is 360 g/mol. The Bertz CT molecular complexity index is 824. The third kappa shape index (κ3) is 3.48. The van der Waals surface area contributed by atoms with E-state index in [2.05, 4.69) is 10.1 Å². The van der Waals surface area contributed by atoms with Crippen molar-refractivity contribution >= 4 is 40.3 Å². The van der Waals surface area contributed by atoms with Crippen molar-refractivity contribution in [3.8, 4) is 0 Å². The van der Waals surface area contributed by atoms with Crippen molar-refractivity contribution in [1.82, 2.24) is 0 Å². The van der Waals surface area contributed by atoms with Crippen molar-refractivity contribution in [1.29, 1.82) is 0 Å². The molecule has 3 rings (SSSR count). The Kier molecular flexibility index (Phi) is 4.71. The second-order valence-electron chi connectivity index (χ2n) is 5.13. The van der Waals surface area contributed by atoms with Crippen molar-refractivity contribution < 1.29 is 23.5 Å². The lowest BCUT2D eigenvalue weighted by atomic mass is 10.2. The second-order valence-corrected chi connectivity index (χ2v) is 6.18. The highest BCUT2D eigenvalue weighted by Gasteiger charge is 2.40. The van der Waals surface area contributed by atoms with Gasteiger partial charge in [-0.25, -0.2) is 14.1 Å². The molecule has 2 amide bonds. The van der Waals surface area contributed by atoms with Crippen LogP contribution in [0.3, 0.4) is 0 Å². The Hall–Kier alpha value is -2.87. The van der Waals surface area contributed by atoms with E-state index >= 15 is 0 Å². The SMILES string of the molecule is COC(=O)c1ccc(N[C@@H]2SC(=O)N(c3ccc(F)cc3)C2=O)cc1. The van der Waals surface area contributed by atoms with Gasteiger partial charge in [0.1, 0.15) is 5.82 Å². The van der Waals surface area contributed by atoms with E-state index in [-0.39, 0.29) is 0 Å². The van der Waals surface area contributed by atoms with E-state index in [4.69, 9.17) is 0 Å². The quantitative estimate of drug-likeness (QED) is 0.844. The van der Waals surface area contributed by atoms with E-state index in [1.54, 1.807) is 24.3 Å². The zero-order chi connectivity index (χ0) is 18.0. The summed E-state index contributed by atoms with van der Waals surface area (Å²) in [4.78, 5) is 37.0. The largest absolute Gasteiger partial charge is 0.465 e. The third-order valence-corrected chi connectivity index (χ3v) is 4.47. The van der Waals surface area contributed by atoms with Gasteiger partial charge in [0, 0.05) is 5.69 Å². The van der Waals surface area contributed by atoms with Crippen LogP contribution in [0.25, 0.3) is 0 Å². The Morgan fingerprint density at radius 1 is 1.12 bits per heavy atom. The number of amides is 2. The summed E-state index contributed by atoms with van der Waals surface area (Å²) in [6.07, 6.45) is 0. The van der Waals surface area contributed by atoms with E-state index in [1.807, 2.05) is 0 Å². The molecule has 1 heterocycles. The molecule has 128 valence electrons. The highest BCUT2D eigenvalue weighted by molar-refractivity contribution is 8.16. The fourth-order valence-electron chi connectivity index (χ4n) is 2.30. The van der Waals surface area contributed by atoms with Gasteiger partial charge in [0.15, 0.2) is 5.37 Å². The summed E-state index contributed by atoms with van der Waals surface area (Å²) in [7, 11) is 1.29. The minimum absolute atomic E-state index is 0.314. The molecule has 2 aromatic rings. The maximum absolute atomic E-state index is 13.0. The molecule has 0 saturated carbocycles. The van der Waals surface area contributed by atoms with Gasteiger partial charge >= 0.3 is 5.97 Å². The molecule has 25 heavy (non-hydrogen) atoms. The van der Waals surface area contributed by atoms with Crippen molar-refractivity contribution in [3.63, 3.8) is 0 Å². The van der Waals surface area contributed by atoms with Gasteiger partial charge in [-0.2, -0.15) is 0 Å². The molecule has 0 radical (unpaired) electrons. The van der Waals surface area contributed by atoms with Crippen molar-refractivity contribution in [2.45, 2.75) is 5.37 Å². The number of ether oxygens (including phenoxy) is 1. The maximum atomic E-state index is 13.0. The van der Waals surface area contributed by atoms with Gasteiger partial charge in [-0.1, -0.05) is 0 Å². The Balaban J connectivity index is 1.74. The molecule has 0 spiro atoms. The zero-order valence-corrected chi connectivity index (χ0v) is 13.9. The van der Waals surface area contributed by atoms with Crippen molar-refractivity contribution in [2.75, 3.05) is 17.3 Å². The Morgan fingerprint density at radius 3 is 2.36 bits per heavy atom. The number of benzene rings is 2. The van der Waals surface area contributed by atoms with Crippen molar-refractivity contribution in [3.05, 3.63) is 59.9 Å². The first-order valence-electron chi connectivity index (χ1n) is 7.24. The topological polar surface area (TPSA) is 75.7 Å². The van der Waals surface area contributed by atoms with E-state index in [0.717, 1.165) is 16.7 Å². The number of hydrogen-bond acceptors (Lipinski definition) is 6. The van der Waals surface area contributed by atoms with Gasteiger partial charge in [0.2, 0.25) is 0 Å². The molecule has 0 aliphatic carbocycles. The normalized spacial score (nSPS) is 16.9. The van der Waals surface area contributed by atoms with E-state index in [9.17, 15) is 18.8 Å². The number of rotatable bonds is 4. The summed E-state index contributed by atoms with van der Waals surface area (Å²) in [5.74, 6) is -1.36.